The zero-order valence-corrected chi connectivity index (χ0v) is 4.52. The maximum absolute atomic E-state index is 9.61. The molecule has 0 saturated carbocycles. The number of carbonyl (C=O) groups excluding carboxylic acids is 1. The second kappa shape index (κ2) is 4.39. The molecular formula is C4H9N2O2-. The zero-order chi connectivity index (χ0) is 6.41. The monoisotopic (exact) mass is 117 g/mol. The molecule has 0 spiro atoms. The van der Waals surface area contributed by atoms with Gasteiger partial charge >= 0.3 is 0 Å². The number of amides is 1. The van der Waals surface area contributed by atoms with E-state index in [0.717, 1.165) is 0 Å². The number of carbonyl (C=O) groups is 1. The van der Waals surface area contributed by atoms with Crippen LogP contribution in [0.25, 0.3) is 0 Å². The van der Waals surface area contributed by atoms with Crippen LogP contribution in [-0.2, 0) is 0 Å². The quantitative estimate of drug-likeness (QED) is 0.431. The van der Waals surface area contributed by atoms with Crippen molar-refractivity contribution < 1.29 is 9.90 Å². The van der Waals surface area contributed by atoms with Gasteiger partial charge in [0.25, 0.3) is 0 Å². The van der Waals surface area contributed by atoms with Crippen molar-refractivity contribution in [3.63, 3.8) is 0 Å². The molecule has 0 aromatic carbocycles. The van der Waals surface area contributed by atoms with E-state index in [0.29, 0.717) is 19.5 Å². The van der Waals surface area contributed by atoms with Gasteiger partial charge in [-0.25, -0.2) is 0 Å². The smallest absolute Gasteiger partial charge is 0.134 e. The molecule has 0 rings (SSSR count). The van der Waals surface area contributed by atoms with Crippen molar-refractivity contribution >= 4 is 6.09 Å². The predicted octanol–water partition coefficient (Wildman–Crippen LogP) is -1.73. The Morgan fingerprint density at radius 3 is 2.75 bits per heavy atom. The van der Waals surface area contributed by atoms with Crippen molar-refractivity contribution in [3.05, 3.63) is 0 Å². The number of nitrogens with two attached hydrogens (primary N) is 1. The van der Waals surface area contributed by atoms with Crippen LogP contribution in [0.5, 0.6) is 0 Å². The van der Waals surface area contributed by atoms with E-state index in [9.17, 15) is 9.90 Å². The van der Waals surface area contributed by atoms with Crippen LogP contribution in [0, 0.1) is 0 Å². The minimum absolute atomic E-state index is 0.388. The summed E-state index contributed by atoms with van der Waals surface area (Å²) in [6.45, 7) is 0.888. The Bertz CT molecular complexity index is 74.4. The lowest BCUT2D eigenvalue weighted by Crippen LogP contribution is -2.37. The van der Waals surface area contributed by atoms with Gasteiger partial charge in [-0.2, -0.15) is 0 Å². The van der Waals surface area contributed by atoms with Gasteiger partial charge < -0.3 is 21.0 Å². The average molecular weight is 117 g/mol. The van der Waals surface area contributed by atoms with Crippen molar-refractivity contribution in [2.45, 2.75) is 6.42 Å². The number of hydrogen-bond donors (Lipinski definition) is 2. The number of rotatable bonds is 3. The number of hydrogen-bond acceptors (Lipinski definition) is 3. The van der Waals surface area contributed by atoms with Gasteiger partial charge in [0, 0.05) is 6.54 Å². The van der Waals surface area contributed by atoms with Gasteiger partial charge in [-0.05, 0) is 13.0 Å². The fraction of sp³-hybridized carbons (Fsp3) is 0.750. The third-order valence-corrected chi connectivity index (χ3v) is 0.650. The first-order valence-corrected chi connectivity index (χ1v) is 2.42. The van der Waals surface area contributed by atoms with Crippen LogP contribution in [0.15, 0.2) is 0 Å². The van der Waals surface area contributed by atoms with E-state index >= 15 is 0 Å². The normalized spacial score (nSPS) is 8.62. The lowest BCUT2D eigenvalue weighted by molar-refractivity contribution is -0.250. The first-order valence-electron chi connectivity index (χ1n) is 2.42. The Hall–Kier alpha value is -0.770. The van der Waals surface area contributed by atoms with Crippen molar-refractivity contribution in [2.24, 2.45) is 5.73 Å². The second-order valence-corrected chi connectivity index (χ2v) is 1.36. The molecule has 4 heteroatoms. The highest BCUT2D eigenvalue weighted by atomic mass is 16.4. The third kappa shape index (κ3) is 5.23. The van der Waals surface area contributed by atoms with Crippen LogP contribution in [0.1, 0.15) is 6.42 Å². The lowest BCUT2D eigenvalue weighted by atomic mass is 10.4. The maximum Gasteiger partial charge on any atom is 0.134 e. The third-order valence-electron chi connectivity index (χ3n) is 0.650. The standard InChI is InChI=1S/C4H10N2O2/c5-2-1-3-6-4(7)8/h6H,1-3,5H2,(H,7,8)/p-1. The Kier molecular flexibility index (Phi) is 3.97. The summed E-state index contributed by atoms with van der Waals surface area (Å²) >= 11 is 0. The molecule has 4 nitrogen and oxygen atoms in total. The highest BCUT2D eigenvalue weighted by Crippen LogP contribution is 1.66. The molecule has 0 atom stereocenters. The molecule has 0 aromatic heterocycles. The predicted molar refractivity (Wildman–Crippen MR) is 27.1 cm³/mol. The fourth-order valence-electron chi connectivity index (χ4n) is 0.293. The molecule has 0 bridgehead atoms. The van der Waals surface area contributed by atoms with Crippen molar-refractivity contribution in [2.75, 3.05) is 13.1 Å². The fourth-order valence-corrected chi connectivity index (χ4v) is 0.293. The Morgan fingerprint density at radius 1 is 1.75 bits per heavy atom. The van der Waals surface area contributed by atoms with Crippen LogP contribution in [0.3, 0.4) is 0 Å². The first kappa shape index (κ1) is 7.23. The molecule has 3 N–H and O–H groups in total. The van der Waals surface area contributed by atoms with Gasteiger partial charge in [-0.15, -0.1) is 0 Å². The second-order valence-electron chi connectivity index (χ2n) is 1.36. The van der Waals surface area contributed by atoms with Gasteiger partial charge in [0.15, 0.2) is 0 Å². The maximum atomic E-state index is 9.61. The van der Waals surface area contributed by atoms with Crippen LogP contribution >= 0.6 is 0 Å². The summed E-state index contributed by atoms with van der Waals surface area (Å²) in [6, 6.07) is 0. The van der Waals surface area contributed by atoms with Crippen LogP contribution in [-0.4, -0.2) is 19.2 Å². The van der Waals surface area contributed by atoms with E-state index in [-0.39, 0.29) is 0 Å². The highest BCUT2D eigenvalue weighted by Gasteiger charge is 1.80. The van der Waals surface area contributed by atoms with Crippen molar-refractivity contribution in [3.8, 4) is 0 Å². The molecule has 0 radical (unpaired) electrons. The molecular weight excluding hydrogens is 108 g/mol. The first-order chi connectivity index (χ1) is 3.77. The van der Waals surface area contributed by atoms with Crippen LogP contribution < -0.4 is 16.2 Å². The lowest BCUT2D eigenvalue weighted by Gasteiger charge is -2.02. The van der Waals surface area contributed by atoms with E-state index in [1.54, 1.807) is 0 Å². The Balaban J connectivity index is 2.82. The molecule has 0 heterocycles. The van der Waals surface area contributed by atoms with Gasteiger partial charge in [-0.1, -0.05) is 0 Å². The summed E-state index contributed by atoms with van der Waals surface area (Å²) in [5, 5.41) is 11.7. The minimum Gasteiger partial charge on any atom is -0.530 e. The van der Waals surface area contributed by atoms with E-state index < -0.39 is 6.09 Å². The summed E-state index contributed by atoms with van der Waals surface area (Å²) in [7, 11) is 0. The Morgan fingerprint density at radius 2 is 2.38 bits per heavy atom. The van der Waals surface area contributed by atoms with Crippen molar-refractivity contribution in [1.29, 1.82) is 0 Å². The van der Waals surface area contributed by atoms with Crippen LogP contribution in [0.2, 0.25) is 0 Å². The van der Waals surface area contributed by atoms with Crippen molar-refractivity contribution in [1.82, 2.24) is 5.32 Å². The molecule has 0 unspecified atom stereocenters. The number of carboxylic acid groups (broad SMARTS) is 1. The summed E-state index contributed by atoms with van der Waals surface area (Å²) in [5.74, 6) is 0. The van der Waals surface area contributed by atoms with Gasteiger partial charge in [0.1, 0.15) is 6.09 Å². The summed E-state index contributed by atoms with van der Waals surface area (Å²) in [5.41, 5.74) is 5.06. The molecule has 0 aliphatic carbocycles. The average Bonchev–Trinajstić information content (AvgIpc) is 1.66. The summed E-state index contributed by atoms with van der Waals surface area (Å²) < 4.78 is 0. The molecule has 48 valence electrons. The SMILES string of the molecule is NCCCNC(=O)[O-]. The van der Waals surface area contributed by atoms with Gasteiger partial charge in [0.05, 0.1) is 0 Å². The summed E-state index contributed by atoms with van der Waals surface area (Å²) in [6.07, 6.45) is -0.577. The zero-order valence-electron chi connectivity index (χ0n) is 4.52. The summed E-state index contributed by atoms with van der Waals surface area (Å²) in [4.78, 5) is 9.61. The van der Waals surface area contributed by atoms with Gasteiger partial charge in [-0.3, -0.25) is 0 Å². The van der Waals surface area contributed by atoms with E-state index in [4.69, 9.17) is 5.73 Å². The molecule has 0 saturated heterocycles. The molecule has 0 aromatic rings. The van der Waals surface area contributed by atoms with E-state index in [1.165, 1.54) is 0 Å². The Labute approximate surface area is 47.7 Å². The molecule has 8 heavy (non-hydrogen) atoms. The number of nitrogens with one attached hydrogen (secondary N) is 1. The molecule has 0 fully saturated rings. The molecule has 1 amide bonds. The topological polar surface area (TPSA) is 78.2 Å². The van der Waals surface area contributed by atoms with E-state index in [1.807, 2.05) is 0 Å². The minimum atomic E-state index is -1.24. The molecule has 0 aliphatic heterocycles. The highest BCUT2D eigenvalue weighted by molar-refractivity contribution is 5.61. The largest absolute Gasteiger partial charge is 0.530 e. The molecule has 0 aliphatic rings. The van der Waals surface area contributed by atoms with Gasteiger partial charge in [0.2, 0.25) is 0 Å². The van der Waals surface area contributed by atoms with E-state index in [2.05, 4.69) is 5.32 Å². The van der Waals surface area contributed by atoms with Crippen LogP contribution in [0.4, 0.5) is 4.79 Å².